The van der Waals surface area contributed by atoms with Gasteiger partial charge < -0.3 is 9.13 Å². The van der Waals surface area contributed by atoms with Crippen LogP contribution in [0.3, 0.4) is 0 Å². The van der Waals surface area contributed by atoms with Crippen LogP contribution in [-0.4, -0.2) is 9.13 Å². The molecule has 0 aliphatic heterocycles. The summed E-state index contributed by atoms with van der Waals surface area (Å²) < 4.78 is 4.82. The third kappa shape index (κ3) is 9.39. The summed E-state index contributed by atoms with van der Waals surface area (Å²) in [6.45, 7) is 0. The number of nitrogens with zero attached hydrogens (tertiary/aromatic N) is 2. The van der Waals surface area contributed by atoms with E-state index in [-0.39, 0.29) is 10.8 Å². The molecule has 0 unspecified atom stereocenters. The number of para-hydroxylation sites is 2. The molecule has 0 radical (unpaired) electrons. The summed E-state index contributed by atoms with van der Waals surface area (Å²) in [4.78, 5) is 0. The largest absolute Gasteiger partial charge is 0.309 e. The molecule has 2 aromatic heterocycles. The Kier molecular flexibility index (Phi) is 13.4. The van der Waals surface area contributed by atoms with Gasteiger partial charge in [-0.3, -0.25) is 0 Å². The molecule has 2 heterocycles. The molecule has 0 N–H and O–H groups in total. The van der Waals surface area contributed by atoms with E-state index in [1.165, 1.54) is 217 Å². The predicted molar refractivity (Wildman–Crippen MR) is 432 cm³/mol. The van der Waals surface area contributed by atoms with Crippen molar-refractivity contribution in [3.05, 3.63) is 360 Å². The minimum absolute atomic E-state index is 0.0463. The maximum Gasteiger partial charge on any atom is 0.0541 e. The van der Waals surface area contributed by atoms with Crippen molar-refractivity contribution in [2.24, 2.45) is 0 Å². The lowest BCUT2D eigenvalue weighted by molar-refractivity contribution is 0.544. The molecule has 0 saturated heterocycles. The molecule has 17 aromatic rings. The van der Waals surface area contributed by atoms with Crippen molar-refractivity contribution in [1.82, 2.24) is 9.13 Å². The highest BCUT2D eigenvalue weighted by Crippen LogP contribution is 2.64. The van der Waals surface area contributed by atoms with Crippen molar-refractivity contribution in [1.29, 1.82) is 0 Å². The van der Waals surface area contributed by atoms with Gasteiger partial charge in [0.2, 0.25) is 0 Å². The van der Waals surface area contributed by atoms with Crippen LogP contribution in [-0.2, 0) is 10.8 Å². The smallest absolute Gasteiger partial charge is 0.0541 e. The monoisotopic (exact) mass is 1300 g/mol. The molecule has 2 saturated carbocycles. The molecule has 2 heteroatoms. The highest BCUT2D eigenvalue weighted by Gasteiger charge is 2.50. The molecule has 0 atom stereocenters. The van der Waals surface area contributed by atoms with Gasteiger partial charge in [-0.1, -0.05) is 281 Å². The molecule has 21 rings (SSSR count). The molecule has 4 aliphatic rings. The second-order valence-corrected chi connectivity index (χ2v) is 29.4. The highest BCUT2D eigenvalue weighted by molar-refractivity contribution is 6.12. The molecule has 0 amide bonds. The van der Waals surface area contributed by atoms with Crippen LogP contribution in [0.5, 0.6) is 0 Å². The molecule has 2 spiro atoms. The molecule has 0 bridgehead atoms. The molecule has 4 aliphatic carbocycles. The Morgan fingerprint density at radius 2 is 0.520 bits per heavy atom. The summed E-state index contributed by atoms with van der Waals surface area (Å²) >= 11 is 0. The number of hydrogen-bond acceptors (Lipinski definition) is 0. The minimum Gasteiger partial charge on any atom is -0.309 e. The summed E-state index contributed by atoms with van der Waals surface area (Å²) in [6, 6.07) is 119. The lowest BCUT2D eigenvalue weighted by Crippen LogP contribution is -2.22. The Bertz CT molecular complexity index is 5940. The van der Waals surface area contributed by atoms with Crippen LogP contribution in [0.2, 0.25) is 0 Å². The highest BCUT2D eigenvalue weighted by atomic mass is 15.0. The number of rotatable bonds is 10. The standard InChI is InChI=1S/C100H72N2/c1-3-15-75-57-81(47-41-69(75)13-1)101-95-19-7-5-17-85(95)89-59-77(45-51-97(89)101)71-33-25-65(26-34-71)21-23-67-29-37-73(38-30-67)79-43-49-83-87-63-94-88(64-93(87)99(91(83)61-79)53-9-10-54-99)84-50-44-80(62-92(84)100(94)55-11-12-56-100)74-39-31-68(32-40-74)24-22-66-27-35-72(36-28-66)78-46-52-98-90(60-78)86-18-6-8-20-96(86)102(98)82-48-42-70-14-2-4-16-76(70)58-82/h1-8,13-52,57-64H,9-12,53-56H2/b23-21+,24-22+. The zero-order valence-corrected chi connectivity index (χ0v) is 56.9. The van der Waals surface area contributed by atoms with Gasteiger partial charge in [0.1, 0.15) is 0 Å². The van der Waals surface area contributed by atoms with Crippen LogP contribution in [0.15, 0.2) is 315 Å². The zero-order chi connectivity index (χ0) is 67.0. The van der Waals surface area contributed by atoms with Crippen LogP contribution in [0.25, 0.3) is 168 Å². The first kappa shape index (κ1) is 58.8. The van der Waals surface area contributed by atoms with Crippen LogP contribution >= 0.6 is 0 Å². The second-order valence-electron chi connectivity index (χ2n) is 29.4. The molecule has 2 fully saturated rings. The lowest BCUT2D eigenvalue weighted by Gasteiger charge is -2.29. The van der Waals surface area contributed by atoms with E-state index in [4.69, 9.17) is 0 Å². The number of benzene rings is 15. The van der Waals surface area contributed by atoms with Gasteiger partial charge in [0.05, 0.1) is 22.1 Å². The Balaban J connectivity index is 0.509. The summed E-state index contributed by atoms with van der Waals surface area (Å²) in [6.07, 6.45) is 18.9. The van der Waals surface area contributed by atoms with Gasteiger partial charge >= 0.3 is 0 Å². The number of aromatic nitrogens is 2. The van der Waals surface area contributed by atoms with Crippen molar-refractivity contribution in [2.75, 3.05) is 0 Å². The van der Waals surface area contributed by atoms with Crippen LogP contribution in [0.1, 0.15) is 95.9 Å². The van der Waals surface area contributed by atoms with Gasteiger partial charge in [-0.15, -0.1) is 0 Å². The van der Waals surface area contributed by atoms with E-state index in [9.17, 15) is 0 Å². The summed E-state index contributed by atoms with van der Waals surface area (Å²) in [5.74, 6) is 0. The molecule has 2 nitrogen and oxygen atoms in total. The zero-order valence-electron chi connectivity index (χ0n) is 56.9. The van der Waals surface area contributed by atoms with Gasteiger partial charge in [-0.2, -0.15) is 0 Å². The van der Waals surface area contributed by atoms with Crippen molar-refractivity contribution in [3.8, 4) is 78.1 Å². The summed E-state index contributed by atoms with van der Waals surface area (Å²) in [5, 5.41) is 10.1. The van der Waals surface area contributed by atoms with E-state index in [2.05, 4.69) is 349 Å². The SMILES string of the molecule is C(=C\c1ccc(-c2ccc3c(c2)c2ccccc2n3-c2ccc3ccccc3c2)cc1)/c1ccc(-c2ccc3c(c2)C2(CCCC2)c2cc4c(cc2-3)C2(CCCC2)c2cc(-c3ccc(/C=C/c5ccc(-c6ccc7c(c6)c6ccccc6n7-c6ccc7ccccc7c6)cc5)cc3)ccc2-4)cc1. The van der Waals surface area contributed by atoms with E-state index in [0.717, 1.165) is 0 Å². The minimum atomic E-state index is 0.0463. The normalized spacial score (nSPS) is 14.8. The Morgan fingerprint density at radius 1 is 0.216 bits per heavy atom. The van der Waals surface area contributed by atoms with Crippen molar-refractivity contribution in [2.45, 2.75) is 62.2 Å². The maximum atomic E-state index is 2.70. The number of hydrogen-bond donors (Lipinski definition) is 0. The third-order valence-corrected chi connectivity index (χ3v) is 24.0. The van der Waals surface area contributed by atoms with E-state index in [1.54, 1.807) is 22.3 Å². The number of fused-ring (bicyclic) bond motifs is 18. The average molecular weight is 1300 g/mol. The third-order valence-electron chi connectivity index (χ3n) is 24.0. The maximum absolute atomic E-state index is 2.70. The molecule has 102 heavy (non-hydrogen) atoms. The van der Waals surface area contributed by atoms with Crippen molar-refractivity contribution < 1.29 is 0 Å². The Morgan fingerprint density at radius 3 is 0.902 bits per heavy atom. The van der Waals surface area contributed by atoms with Gasteiger partial charge in [-0.25, -0.2) is 0 Å². The summed E-state index contributed by atoms with van der Waals surface area (Å²) in [7, 11) is 0. The molecular weight excluding hydrogens is 1230 g/mol. The molecule has 15 aromatic carbocycles. The fraction of sp³-hybridized carbons (Fsp3) is 0.100. The Hall–Kier alpha value is -12.1. The van der Waals surface area contributed by atoms with Gasteiger partial charge in [0, 0.05) is 43.7 Å². The second kappa shape index (κ2) is 23.2. The predicted octanol–water partition coefficient (Wildman–Crippen LogP) is 26.9. The fourth-order valence-electron chi connectivity index (χ4n) is 18.9. The van der Waals surface area contributed by atoms with Gasteiger partial charge in [-0.05, 0) is 243 Å². The lowest BCUT2D eigenvalue weighted by atomic mass is 9.74. The first-order valence-corrected chi connectivity index (χ1v) is 36.8. The van der Waals surface area contributed by atoms with Crippen LogP contribution in [0, 0.1) is 0 Å². The van der Waals surface area contributed by atoms with E-state index < -0.39 is 0 Å². The Labute approximate surface area is 595 Å². The van der Waals surface area contributed by atoms with Gasteiger partial charge in [0.25, 0.3) is 0 Å². The van der Waals surface area contributed by atoms with E-state index in [0.29, 0.717) is 0 Å². The van der Waals surface area contributed by atoms with Crippen molar-refractivity contribution >= 4 is 89.5 Å². The van der Waals surface area contributed by atoms with E-state index in [1.807, 2.05) is 0 Å². The van der Waals surface area contributed by atoms with Gasteiger partial charge in [0.15, 0.2) is 0 Å². The van der Waals surface area contributed by atoms with Crippen molar-refractivity contribution in [3.63, 3.8) is 0 Å². The van der Waals surface area contributed by atoms with E-state index >= 15 is 0 Å². The molecular formula is C100H72N2. The van der Waals surface area contributed by atoms with Crippen LogP contribution < -0.4 is 0 Å². The fourth-order valence-corrected chi connectivity index (χ4v) is 18.9. The summed E-state index contributed by atoms with van der Waals surface area (Å²) in [5.41, 5.74) is 34.3. The van der Waals surface area contributed by atoms with Crippen LogP contribution in [0.4, 0.5) is 0 Å². The first-order chi connectivity index (χ1) is 50.4. The topological polar surface area (TPSA) is 9.86 Å². The average Bonchev–Trinajstić information content (AvgIpc) is 1.52. The quantitative estimate of drug-likeness (QED) is 0.121. The first-order valence-electron chi connectivity index (χ1n) is 36.8. The molecule has 482 valence electrons.